The Morgan fingerprint density at radius 1 is 1.05 bits per heavy atom. The zero-order valence-electron chi connectivity index (χ0n) is 13.8. The van der Waals surface area contributed by atoms with Crippen LogP contribution in [0, 0.1) is 0 Å². The van der Waals surface area contributed by atoms with Crippen LogP contribution in [0.15, 0.2) is 11.6 Å². The molecule has 1 atom stereocenters. The van der Waals surface area contributed by atoms with Crippen molar-refractivity contribution in [1.82, 2.24) is 4.90 Å². The van der Waals surface area contributed by atoms with Gasteiger partial charge in [0.25, 0.3) is 0 Å². The van der Waals surface area contributed by atoms with Crippen molar-refractivity contribution in [2.45, 2.75) is 84.0 Å². The SMILES string of the molecule is C/C=C(/C[SiH](CC)CC)C(C)N1CCCCCCC1. The normalized spacial score (nSPS) is 21.2. The van der Waals surface area contributed by atoms with Gasteiger partial charge in [-0.2, -0.15) is 0 Å². The largest absolute Gasteiger partial charge is 0.297 e. The van der Waals surface area contributed by atoms with E-state index in [0.29, 0.717) is 6.04 Å². The first-order valence-corrected chi connectivity index (χ1v) is 11.1. The minimum absolute atomic E-state index is 0.493. The van der Waals surface area contributed by atoms with Crippen molar-refractivity contribution in [1.29, 1.82) is 0 Å². The van der Waals surface area contributed by atoms with Crippen molar-refractivity contribution in [3.8, 4) is 0 Å². The zero-order valence-corrected chi connectivity index (χ0v) is 14.9. The van der Waals surface area contributed by atoms with Crippen LogP contribution in [0.4, 0.5) is 0 Å². The molecule has 1 saturated heterocycles. The molecule has 1 fully saturated rings. The standard InChI is InChI=1S/C17H35NSi/c1-5-17(15-19(6-2)7-3)16(4)18-13-11-9-8-10-12-14-18/h5,16,19H,6-15H2,1-4H3/b17-5-. The van der Waals surface area contributed by atoms with E-state index in [9.17, 15) is 0 Å². The van der Waals surface area contributed by atoms with Crippen LogP contribution in [-0.4, -0.2) is 32.8 Å². The third kappa shape index (κ3) is 5.82. The number of likely N-dealkylation sites (tertiary alicyclic amines) is 1. The molecule has 2 heteroatoms. The molecule has 1 rings (SSSR count). The first-order valence-electron chi connectivity index (χ1n) is 8.62. The molecule has 1 aliphatic heterocycles. The summed E-state index contributed by atoms with van der Waals surface area (Å²) in [5.41, 5.74) is 1.74. The smallest absolute Gasteiger partial charge is 0.0404 e. The molecule has 0 aliphatic carbocycles. The lowest BCUT2D eigenvalue weighted by Crippen LogP contribution is -2.37. The van der Waals surface area contributed by atoms with Gasteiger partial charge in [-0.15, -0.1) is 0 Å². The Morgan fingerprint density at radius 2 is 1.58 bits per heavy atom. The summed E-state index contributed by atoms with van der Waals surface area (Å²) in [6.07, 6.45) is 9.58. The van der Waals surface area contributed by atoms with E-state index in [1.165, 1.54) is 63.3 Å². The number of nitrogens with zero attached hydrogens (tertiary/aromatic N) is 1. The predicted molar refractivity (Wildman–Crippen MR) is 90.8 cm³/mol. The lowest BCUT2D eigenvalue weighted by Gasteiger charge is -2.33. The predicted octanol–water partition coefficient (Wildman–Crippen LogP) is 4.85. The van der Waals surface area contributed by atoms with E-state index in [1.807, 2.05) is 0 Å². The van der Waals surface area contributed by atoms with E-state index < -0.39 is 8.80 Å². The van der Waals surface area contributed by atoms with Crippen molar-refractivity contribution >= 4 is 8.80 Å². The fourth-order valence-corrected chi connectivity index (χ4v) is 5.73. The van der Waals surface area contributed by atoms with Crippen LogP contribution in [0.2, 0.25) is 18.1 Å². The zero-order chi connectivity index (χ0) is 14.1. The molecule has 112 valence electrons. The van der Waals surface area contributed by atoms with Crippen LogP contribution < -0.4 is 0 Å². The van der Waals surface area contributed by atoms with Crippen LogP contribution in [0.5, 0.6) is 0 Å². The summed E-state index contributed by atoms with van der Waals surface area (Å²) in [7, 11) is -0.493. The van der Waals surface area contributed by atoms with Crippen LogP contribution >= 0.6 is 0 Å². The van der Waals surface area contributed by atoms with Crippen LogP contribution in [-0.2, 0) is 0 Å². The molecule has 0 spiro atoms. The Morgan fingerprint density at radius 3 is 2.05 bits per heavy atom. The molecule has 0 N–H and O–H groups in total. The summed E-state index contributed by atoms with van der Waals surface area (Å²) >= 11 is 0. The van der Waals surface area contributed by atoms with Gasteiger partial charge in [0.05, 0.1) is 0 Å². The van der Waals surface area contributed by atoms with Crippen LogP contribution in [0.25, 0.3) is 0 Å². The second-order valence-electron chi connectivity index (χ2n) is 6.23. The topological polar surface area (TPSA) is 3.24 Å². The fraction of sp³-hybridized carbons (Fsp3) is 0.882. The number of hydrogen-bond acceptors (Lipinski definition) is 1. The molecular formula is C17H35NSi. The lowest BCUT2D eigenvalue weighted by atomic mass is 10.0. The number of hydrogen-bond donors (Lipinski definition) is 0. The summed E-state index contributed by atoms with van der Waals surface area (Å²) < 4.78 is 0. The maximum atomic E-state index is 2.76. The highest BCUT2D eigenvalue weighted by Gasteiger charge is 2.20. The van der Waals surface area contributed by atoms with E-state index in [0.717, 1.165) is 0 Å². The summed E-state index contributed by atoms with van der Waals surface area (Å²) in [6.45, 7) is 12.1. The van der Waals surface area contributed by atoms with Crippen molar-refractivity contribution < 1.29 is 0 Å². The number of allylic oxidation sites excluding steroid dienone is 1. The minimum Gasteiger partial charge on any atom is -0.297 e. The Balaban J connectivity index is 2.57. The Bertz CT molecular complexity index is 250. The quantitative estimate of drug-likeness (QED) is 0.497. The third-order valence-corrected chi connectivity index (χ3v) is 8.38. The van der Waals surface area contributed by atoms with E-state index in [1.54, 1.807) is 5.57 Å². The maximum Gasteiger partial charge on any atom is 0.0404 e. The van der Waals surface area contributed by atoms with Crippen molar-refractivity contribution in [3.05, 3.63) is 11.6 Å². The average molecular weight is 282 g/mol. The third-order valence-electron chi connectivity index (χ3n) is 5.02. The van der Waals surface area contributed by atoms with Gasteiger partial charge in [-0.1, -0.05) is 56.8 Å². The molecule has 0 aromatic carbocycles. The molecule has 0 aromatic rings. The van der Waals surface area contributed by atoms with Crippen LogP contribution in [0.1, 0.15) is 59.8 Å². The second-order valence-corrected chi connectivity index (χ2v) is 10.0. The van der Waals surface area contributed by atoms with Gasteiger partial charge in [0, 0.05) is 14.8 Å². The lowest BCUT2D eigenvalue weighted by molar-refractivity contribution is 0.211. The molecule has 1 nitrogen and oxygen atoms in total. The van der Waals surface area contributed by atoms with Gasteiger partial charge in [0.2, 0.25) is 0 Å². The summed E-state index contributed by atoms with van der Waals surface area (Å²) in [5, 5.41) is 0. The molecule has 1 aliphatic rings. The van der Waals surface area contributed by atoms with Gasteiger partial charge in [-0.05, 0) is 45.8 Å². The van der Waals surface area contributed by atoms with E-state index in [4.69, 9.17) is 0 Å². The molecule has 0 aromatic heterocycles. The highest BCUT2D eigenvalue weighted by Crippen LogP contribution is 2.22. The Hall–Kier alpha value is -0.0831. The second kappa shape index (κ2) is 9.76. The first kappa shape index (κ1) is 17.0. The van der Waals surface area contributed by atoms with Gasteiger partial charge in [0.15, 0.2) is 0 Å². The Kier molecular flexibility index (Phi) is 8.72. The highest BCUT2D eigenvalue weighted by molar-refractivity contribution is 6.59. The van der Waals surface area contributed by atoms with Gasteiger partial charge in [-0.25, -0.2) is 0 Å². The van der Waals surface area contributed by atoms with Crippen molar-refractivity contribution in [2.75, 3.05) is 13.1 Å². The number of rotatable bonds is 6. The van der Waals surface area contributed by atoms with E-state index >= 15 is 0 Å². The highest BCUT2D eigenvalue weighted by atomic mass is 28.3. The molecule has 1 unspecified atom stereocenters. The molecular weight excluding hydrogens is 246 g/mol. The van der Waals surface area contributed by atoms with Crippen molar-refractivity contribution in [3.63, 3.8) is 0 Å². The van der Waals surface area contributed by atoms with E-state index in [-0.39, 0.29) is 0 Å². The average Bonchev–Trinajstić information content (AvgIpc) is 2.39. The van der Waals surface area contributed by atoms with Gasteiger partial charge < -0.3 is 0 Å². The Labute approximate surface area is 123 Å². The summed E-state index contributed by atoms with van der Waals surface area (Å²) in [6, 6.07) is 5.05. The molecule has 0 bridgehead atoms. The maximum absolute atomic E-state index is 2.76. The fourth-order valence-electron chi connectivity index (χ4n) is 3.33. The summed E-state index contributed by atoms with van der Waals surface area (Å²) in [4.78, 5) is 2.76. The molecule has 0 radical (unpaired) electrons. The van der Waals surface area contributed by atoms with Gasteiger partial charge in [0.1, 0.15) is 0 Å². The molecule has 0 amide bonds. The summed E-state index contributed by atoms with van der Waals surface area (Å²) in [5.74, 6) is 0. The van der Waals surface area contributed by atoms with Gasteiger partial charge in [-0.3, -0.25) is 4.90 Å². The van der Waals surface area contributed by atoms with E-state index in [2.05, 4.69) is 38.7 Å². The first-order chi connectivity index (χ1) is 9.22. The van der Waals surface area contributed by atoms with Crippen molar-refractivity contribution in [2.24, 2.45) is 0 Å². The van der Waals surface area contributed by atoms with Gasteiger partial charge >= 0.3 is 0 Å². The monoisotopic (exact) mass is 281 g/mol. The van der Waals surface area contributed by atoms with Crippen LogP contribution in [0.3, 0.4) is 0 Å². The minimum atomic E-state index is -0.493. The molecule has 1 heterocycles. The molecule has 0 saturated carbocycles. The molecule has 19 heavy (non-hydrogen) atoms.